The van der Waals surface area contributed by atoms with Gasteiger partial charge in [-0.2, -0.15) is 0 Å². The lowest BCUT2D eigenvalue weighted by Gasteiger charge is -2.28. The van der Waals surface area contributed by atoms with Crippen LogP contribution in [0.3, 0.4) is 0 Å². The van der Waals surface area contributed by atoms with E-state index in [1.54, 1.807) is 20.8 Å². The second kappa shape index (κ2) is 9.75. The summed E-state index contributed by atoms with van der Waals surface area (Å²) in [6.45, 7) is 4.33. The van der Waals surface area contributed by atoms with Crippen LogP contribution >= 0.6 is 0 Å². The van der Waals surface area contributed by atoms with Gasteiger partial charge < -0.3 is 20.9 Å². The first-order valence-corrected chi connectivity index (χ1v) is 11.5. The molecule has 0 radical (unpaired) electrons. The van der Waals surface area contributed by atoms with Gasteiger partial charge in [-0.1, -0.05) is 0 Å². The molecule has 3 rings (SSSR count). The smallest absolute Gasteiger partial charge is 0.356 e. The number of halogens is 3. The molecule has 0 aromatic rings. The van der Waals surface area contributed by atoms with Gasteiger partial charge in [0.1, 0.15) is 12.6 Å². The number of hydrogen-bond donors (Lipinski definition) is 3. The third-order valence-corrected chi connectivity index (χ3v) is 6.48. The first-order chi connectivity index (χ1) is 16.1. The lowest BCUT2D eigenvalue weighted by Crippen LogP contribution is -2.55. The number of carbonyl (C=O) groups excluding carboxylic acids is 5. The zero-order chi connectivity index (χ0) is 26.2. The van der Waals surface area contributed by atoms with Crippen LogP contribution in [0.2, 0.25) is 0 Å². The number of ether oxygens (including phenoxy) is 1. The highest BCUT2D eigenvalue weighted by Gasteiger charge is 2.56. The van der Waals surface area contributed by atoms with Gasteiger partial charge in [-0.15, -0.1) is 13.2 Å². The van der Waals surface area contributed by atoms with Crippen LogP contribution in [0, 0.1) is 11.3 Å². The molecule has 1 spiro atoms. The molecule has 0 aromatic heterocycles. The molecule has 1 aliphatic carbocycles. The summed E-state index contributed by atoms with van der Waals surface area (Å²) < 4.78 is 41.0. The minimum Gasteiger partial charge on any atom is -0.356 e. The average Bonchev–Trinajstić information content (AvgIpc) is 3.19. The molecule has 4 amide bonds. The highest BCUT2D eigenvalue weighted by molar-refractivity contribution is 6.35. The summed E-state index contributed by atoms with van der Waals surface area (Å²) >= 11 is 0. The summed E-state index contributed by atoms with van der Waals surface area (Å²) in [6, 6.07) is -2.48. The minimum atomic E-state index is -5.04. The molecule has 2 aliphatic heterocycles. The van der Waals surface area contributed by atoms with Crippen molar-refractivity contribution in [1.29, 1.82) is 0 Å². The van der Waals surface area contributed by atoms with Gasteiger partial charge in [0.05, 0.1) is 6.04 Å². The molecule has 0 aromatic carbocycles. The molecule has 3 fully saturated rings. The van der Waals surface area contributed by atoms with Gasteiger partial charge in [-0.05, 0) is 58.3 Å². The molecule has 3 atom stereocenters. The number of likely N-dealkylation sites (tertiary alicyclic amines) is 1. The zero-order valence-corrected chi connectivity index (χ0v) is 19.9. The summed E-state index contributed by atoms with van der Waals surface area (Å²) in [5.74, 6) is -4.58. The summed E-state index contributed by atoms with van der Waals surface area (Å²) in [7, 11) is 0. The monoisotopic (exact) mass is 504 g/mol. The van der Waals surface area contributed by atoms with E-state index in [1.807, 2.05) is 0 Å². The van der Waals surface area contributed by atoms with Crippen LogP contribution in [0.1, 0.15) is 52.9 Å². The van der Waals surface area contributed by atoms with Crippen LogP contribution in [0.15, 0.2) is 0 Å². The van der Waals surface area contributed by atoms with Crippen LogP contribution in [0.5, 0.6) is 0 Å². The predicted octanol–water partition coefficient (Wildman–Crippen LogP) is 0.399. The Bertz CT molecular complexity index is 897. The molecule has 196 valence electrons. The standard InChI is InChI=1S/C22H31F3N4O6/c1-20(2,3)28-18(33)19(34)29-11-21(5-6-21)9-14(29)17(32)27-13(8-12-4-7-26-16(12)31)15(30)10-35-22(23,24)25/h12-14H,4-11H2,1-3H3,(H,26,31)(H,27,32)(H,28,33)/t12-,13-,14-/m0/s1. The second-order valence-electron chi connectivity index (χ2n) is 10.6. The molecule has 3 aliphatic rings. The van der Waals surface area contributed by atoms with Crippen LogP contribution < -0.4 is 16.0 Å². The van der Waals surface area contributed by atoms with Gasteiger partial charge in [-0.25, -0.2) is 0 Å². The Kier molecular flexibility index (Phi) is 7.49. The molecule has 1 saturated carbocycles. The average molecular weight is 505 g/mol. The molecule has 2 heterocycles. The van der Waals surface area contributed by atoms with Crippen molar-refractivity contribution in [3.63, 3.8) is 0 Å². The van der Waals surface area contributed by atoms with Crippen molar-refractivity contribution in [3.05, 3.63) is 0 Å². The van der Waals surface area contributed by atoms with E-state index in [1.165, 1.54) is 4.90 Å². The van der Waals surface area contributed by atoms with Crippen LogP contribution in [0.4, 0.5) is 13.2 Å². The molecule has 13 heteroatoms. The summed E-state index contributed by atoms with van der Waals surface area (Å²) in [6.07, 6.45) is -3.06. The summed E-state index contributed by atoms with van der Waals surface area (Å²) in [4.78, 5) is 64.2. The summed E-state index contributed by atoms with van der Waals surface area (Å²) in [5.41, 5.74) is -0.969. The van der Waals surface area contributed by atoms with Gasteiger partial charge in [0.15, 0.2) is 5.78 Å². The lowest BCUT2D eigenvalue weighted by molar-refractivity contribution is -0.321. The van der Waals surface area contributed by atoms with E-state index in [2.05, 4.69) is 20.7 Å². The van der Waals surface area contributed by atoms with Crippen molar-refractivity contribution in [2.45, 2.75) is 76.9 Å². The number of amides is 4. The Hall–Kier alpha value is -2.70. The first kappa shape index (κ1) is 26.9. The van der Waals surface area contributed by atoms with Crippen LogP contribution in [0.25, 0.3) is 0 Å². The van der Waals surface area contributed by atoms with Crippen molar-refractivity contribution in [2.24, 2.45) is 11.3 Å². The lowest BCUT2D eigenvalue weighted by atomic mass is 9.95. The van der Waals surface area contributed by atoms with Gasteiger partial charge in [-0.3, -0.25) is 28.7 Å². The number of nitrogens with one attached hydrogen (secondary N) is 3. The number of alkyl halides is 3. The van der Waals surface area contributed by atoms with Crippen LogP contribution in [-0.4, -0.2) is 78.0 Å². The largest absolute Gasteiger partial charge is 0.522 e. The van der Waals surface area contributed by atoms with Crippen molar-refractivity contribution in [2.75, 3.05) is 19.7 Å². The van der Waals surface area contributed by atoms with E-state index in [0.717, 1.165) is 12.8 Å². The van der Waals surface area contributed by atoms with E-state index >= 15 is 0 Å². The third kappa shape index (κ3) is 7.15. The fraction of sp³-hybridized carbons (Fsp3) is 0.773. The van der Waals surface area contributed by atoms with Gasteiger partial charge in [0.2, 0.25) is 11.8 Å². The second-order valence-corrected chi connectivity index (χ2v) is 10.6. The van der Waals surface area contributed by atoms with Gasteiger partial charge >= 0.3 is 18.2 Å². The third-order valence-electron chi connectivity index (χ3n) is 6.48. The van der Waals surface area contributed by atoms with Crippen LogP contribution in [-0.2, 0) is 28.7 Å². The Labute approximate surface area is 200 Å². The fourth-order valence-corrected chi connectivity index (χ4v) is 4.51. The Morgan fingerprint density at radius 1 is 1.20 bits per heavy atom. The topological polar surface area (TPSA) is 134 Å². The number of ketones is 1. The van der Waals surface area contributed by atoms with Crippen molar-refractivity contribution in [1.82, 2.24) is 20.9 Å². The molecule has 3 N–H and O–H groups in total. The highest BCUT2D eigenvalue weighted by Crippen LogP contribution is 2.54. The van der Waals surface area contributed by atoms with Gasteiger partial charge in [0, 0.05) is 24.5 Å². The van der Waals surface area contributed by atoms with E-state index in [9.17, 15) is 37.1 Å². The SMILES string of the molecule is CC(C)(C)NC(=O)C(=O)N1CC2(CC2)C[C@H]1C(=O)N[C@@H](C[C@@H]1CCNC1=O)C(=O)COC(F)(F)F. The predicted molar refractivity (Wildman–Crippen MR) is 114 cm³/mol. The highest BCUT2D eigenvalue weighted by atomic mass is 19.4. The van der Waals surface area contributed by atoms with E-state index in [0.29, 0.717) is 13.0 Å². The molecule has 2 saturated heterocycles. The molecule has 10 nitrogen and oxygen atoms in total. The van der Waals surface area contributed by atoms with Crippen molar-refractivity contribution in [3.8, 4) is 0 Å². The maximum atomic E-state index is 13.2. The quantitative estimate of drug-likeness (QED) is 0.430. The number of Topliss-reactive ketones (excluding diaryl/α,β-unsaturated/α-hetero) is 1. The number of hydrogen-bond acceptors (Lipinski definition) is 6. The molecule has 0 bridgehead atoms. The molecule has 35 heavy (non-hydrogen) atoms. The number of nitrogens with zero attached hydrogens (tertiary/aromatic N) is 1. The molecular weight excluding hydrogens is 473 g/mol. The Morgan fingerprint density at radius 2 is 1.86 bits per heavy atom. The number of carbonyl (C=O) groups is 5. The molecular formula is C22H31F3N4O6. The molecule has 0 unspecified atom stereocenters. The minimum absolute atomic E-state index is 0.197. The maximum absolute atomic E-state index is 13.2. The fourth-order valence-electron chi connectivity index (χ4n) is 4.51. The van der Waals surface area contributed by atoms with E-state index < -0.39 is 60.0 Å². The normalized spacial score (nSPS) is 24.2. The number of rotatable bonds is 7. The van der Waals surface area contributed by atoms with Crippen molar-refractivity contribution < 1.29 is 41.9 Å². The Morgan fingerprint density at radius 3 is 2.37 bits per heavy atom. The summed E-state index contributed by atoms with van der Waals surface area (Å²) in [5, 5.41) is 7.58. The van der Waals surface area contributed by atoms with E-state index in [4.69, 9.17) is 0 Å². The Balaban J connectivity index is 1.74. The van der Waals surface area contributed by atoms with E-state index in [-0.39, 0.29) is 30.7 Å². The van der Waals surface area contributed by atoms with Crippen molar-refractivity contribution >= 4 is 29.4 Å². The first-order valence-electron chi connectivity index (χ1n) is 11.5. The maximum Gasteiger partial charge on any atom is 0.522 e. The van der Waals surface area contributed by atoms with Gasteiger partial charge in [0.25, 0.3) is 0 Å². The zero-order valence-electron chi connectivity index (χ0n) is 19.9.